The van der Waals surface area contributed by atoms with Gasteiger partial charge in [0.2, 0.25) is 0 Å². The number of hydrogen-bond acceptors (Lipinski definition) is 4. The van der Waals surface area contributed by atoms with Crippen LogP contribution in [0.3, 0.4) is 0 Å². The van der Waals surface area contributed by atoms with Gasteiger partial charge in [0, 0.05) is 29.9 Å². The molecule has 4 aromatic carbocycles. The molecule has 0 unspecified atom stereocenters. The first-order valence-electron chi connectivity index (χ1n) is 11.9. The molecule has 0 aliphatic carbocycles. The maximum absolute atomic E-state index is 13.7. The van der Waals surface area contributed by atoms with Crippen LogP contribution in [0.5, 0.6) is 0 Å². The molecule has 8 heteroatoms. The zero-order valence-electron chi connectivity index (χ0n) is 20.5. The Morgan fingerprint density at radius 1 is 0.947 bits per heavy atom. The van der Waals surface area contributed by atoms with Crippen LogP contribution < -0.4 is 5.56 Å². The van der Waals surface area contributed by atoms with E-state index in [0.717, 1.165) is 11.1 Å². The van der Waals surface area contributed by atoms with Crippen molar-refractivity contribution in [2.24, 2.45) is 0 Å². The van der Waals surface area contributed by atoms with Crippen LogP contribution in [0.15, 0.2) is 107 Å². The second-order valence-electron chi connectivity index (χ2n) is 8.81. The topological polar surface area (TPSA) is 55.2 Å². The first-order chi connectivity index (χ1) is 18.4. The Labute approximate surface area is 228 Å². The molecule has 0 atom stereocenters. The van der Waals surface area contributed by atoms with Crippen molar-refractivity contribution >= 4 is 40.2 Å². The van der Waals surface area contributed by atoms with Crippen molar-refractivity contribution in [1.29, 1.82) is 0 Å². The summed E-state index contributed by atoms with van der Waals surface area (Å²) in [6, 6.07) is 27.8. The third-order valence-electron chi connectivity index (χ3n) is 6.04. The number of hydrogen-bond donors (Lipinski definition) is 0. The molecule has 1 aromatic heterocycles. The van der Waals surface area contributed by atoms with Gasteiger partial charge in [0.15, 0.2) is 5.16 Å². The zero-order chi connectivity index (χ0) is 26.6. The van der Waals surface area contributed by atoms with E-state index < -0.39 is 5.82 Å². The van der Waals surface area contributed by atoms with Crippen LogP contribution in [-0.4, -0.2) is 27.4 Å². The van der Waals surface area contributed by atoms with Gasteiger partial charge in [-0.05, 0) is 65.7 Å². The highest BCUT2D eigenvalue weighted by Crippen LogP contribution is 2.26. The molecule has 5 rings (SSSR count). The minimum Gasteiger partial charge on any atom is -0.337 e. The van der Waals surface area contributed by atoms with Crippen LogP contribution in [0.2, 0.25) is 5.02 Å². The normalized spacial score (nSPS) is 11.0. The number of nitrogens with zero attached hydrogens (tertiary/aromatic N) is 3. The Bertz CT molecular complexity index is 1670. The monoisotopic (exact) mass is 543 g/mol. The van der Waals surface area contributed by atoms with E-state index >= 15 is 0 Å². The van der Waals surface area contributed by atoms with E-state index in [1.807, 2.05) is 48.5 Å². The van der Waals surface area contributed by atoms with Gasteiger partial charge in [-0.15, -0.1) is 0 Å². The summed E-state index contributed by atoms with van der Waals surface area (Å²) in [6.45, 7) is 0.456. The highest BCUT2D eigenvalue weighted by atomic mass is 35.5. The second kappa shape index (κ2) is 11.2. The highest BCUT2D eigenvalue weighted by Gasteiger charge is 2.18. The van der Waals surface area contributed by atoms with Gasteiger partial charge in [0.25, 0.3) is 11.5 Å². The lowest BCUT2D eigenvalue weighted by molar-refractivity contribution is 0.0785. The lowest BCUT2D eigenvalue weighted by Gasteiger charge is -2.18. The molecule has 1 heterocycles. The molecule has 190 valence electrons. The van der Waals surface area contributed by atoms with E-state index in [9.17, 15) is 14.0 Å². The first kappa shape index (κ1) is 25.7. The minimum absolute atomic E-state index is 0.173. The fraction of sp³-hybridized carbons (Fsp3) is 0.100. The van der Waals surface area contributed by atoms with Crippen molar-refractivity contribution in [1.82, 2.24) is 14.5 Å². The van der Waals surface area contributed by atoms with E-state index in [1.165, 1.54) is 28.5 Å². The number of carbonyl (C=O) groups is 1. The van der Waals surface area contributed by atoms with Crippen molar-refractivity contribution in [3.8, 4) is 5.69 Å². The highest BCUT2D eigenvalue weighted by molar-refractivity contribution is 7.98. The Balaban J connectivity index is 1.54. The molecule has 0 aliphatic heterocycles. The fourth-order valence-electron chi connectivity index (χ4n) is 4.14. The van der Waals surface area contributed by atoms with Crippen molar-refractivity contribution < 1.29 is 9.18 Å². The molecule has 0 N–H and O–H groups in total. The van der Waals surface area contributed by atoms with Crippen LogP contribution >= 0.6 is 23.4 Å². The minimum atomic E-state index is -0.397. The number of carbonyl (C=O) groups excluding carboxylic acids is 1. The molecule has 1 amide bonds. The maximum atomic E-state index is 13.7. The third kappa shape index (κ3) is 5.64. The summed E-state index contributed by atoms with van der Waals surface area (Å²) in [5.74, 6) is -0.0575. The Morgan fingerprint density at radius 2 is 1.68 bits per heavy atom. The summed E-state index contributed by atoms with van der Waals surface area (Å²) in [7, 11) is 1.74. The molecule has 0 spiro atoms. The predicted octanol–water partition coefficient (Wildman–Crippen LogP) is 6.74. The van der Waals surface area contributed by atoms with Crippen LogP contribution in [0.4, 0.5) is 4.39 Å². The summed E-state index contributed by atoms with van der Waals surface area (Å²) < 4.78 is 15.1. The first-order valence-corrected chi connectivity index (χ1v) is 13.2. The van der Waals surface area contributed by atoms with Crippen LogP contribution in [0, 0.1) is 5.82 Å². The van der Waals surface area contributed by atoms with E-state index in [2.05, 4.69) is 0 Å². The number of halogens is 2. The van der Waals surface area contributed by atoms with E-state index in [1.54, 1.807) is 48.3 Å². The molecule has 38 heavy (non-hydrogen) atoms. The summed E-state index contributed by atoms with van der Waals surface area (Å²) in [6.07, 6.45) is 0. The molecule has 0 saturated heterocycles. The zero-order valence-corrected chi connectivity index (χ0v) is 22.0. The lowest BCUT2D eigenvalue weighted by Crippen LogP contribution is -2.26. The lowest BCUT2D eigenvalue weighted by atomic mass is 10.1. The van der Waals surface area contributed by atoms with E-state index in [0.29, 0.717) is 44.6 Å². The summed E-state index contributed by atoms with van der Waals surface area (Å²) in [4.78, 5) is 33.3. The molecule has 0 aliphatic rings. The summed E-state index contributed by atoms with van der Waals surface area (Å²) in [5.41, 5.74) is 3.04. The van der Waals surface area contributed by atoms with Gasteiger partial charge >= 0.3 is 0 Å². The van der Waals surface area contributed by atoms with Gasteiger partial charge in [0.05, 0.1) is 16.6 Å². The number of amides is 1. The Hall–Kier alpha value is -3.94. The van der Waals surface area contributed by atoms with E-state index in [-0.39, 0.29) is 11.5 Å². The number of thioether (sulfide) groups is 1. The number of benzene rings is 4. The van der Waals surface area contributed by atoms with Crippen molar-refractivity contribution in [2.75, 3.05) is 7.05 Å². The Morgan fingerprint density at radius 3 is 2.42 bits per heavy atom. The largest absolute Gasteiger partial charge is 0.337 e. The van der Waals surface area contributed by atoms with Gasteiger partial charge in [-0.25, -0.2) is 9.37 Å². The number of aromatic nitrogens is 2. The van der Waals surface area contributed by atoms with Crippen LogP contribution in [0.25, 0.3) is 16.6 Å². The molecule has 0 fully saturated rings. The molecule has 5 aromatic rings. The SMILES string of the molecule is CN(Cc1ccccc1)C(=O)c1ccc2c(=O)n(-c3ccc(F)cc3)c(SCc3cccc(Cl)c3)nc2c1. The molecule has 0 radical (unpaired) electrons. The standard InChI is InChI=1S/C30H23ClFN3O2S/c1-34(18-20-6-3-2-4-7-20)28(36)22-10-15-26-27(17-22)33-30(38-19-21-8-5-9-23(31)16-21)35(29(26)37)25-13-11-24(32)12-14-25/h2-17H,18-19H2,1H3. The summed E-state index contributed by atoms with van der Waals surface area (Å²) >= 11 is 7.51. The third-order valence-corrected chi connectivity index (χ3v) is 7.28. The molecular formula is C30H23ClFN3O2S. The fourth-order valence-corrected chi connectivity index (χ4v) is 5.31. The van der Waals surface area contributed by atoms with E-state index in [4.69, 9.17) is 16.6 Å². The van der Waals surface area contributed by atoms with Crippen molar-refractivity contribution in [2.45, 2.75) is 17.5 Å². The quantitative estimate of drug-likeness (QED) is 0.168. The van der Waals surface area contributed by atoms with Gasteiger partial charge in [0.1, 0.15) is 5.82 Å². The van der Waals surface area contributed by atoms with Gasteiger partial charge in [-0.2, -0.15) is 0 Å². The maximum Gasteiger partial charge on any atom is 0.266 e. The smallest absolute Gasteiger partial charge is 0.266 e. The van der Waals surface area contributed by atoms with Gasteiger partial charge in [-0.3, -0.25) is 14.2 Å². The second-order valence-corrected chi connectivity index (χ2v) is 10.2. The van der Waals surface area contributed by atoms with Crippen molar-refractivity contribution in [3.05, 3.63) is 135 Å². The summed E-state index contributed by atoms with van der Waals surface area (Å²) in [5, 5.41) is 1.41. The molecular weight excluding hydrogens is 521 g/mol. The molecule has 0 saturated carbocycles. The average molecular weight is 544 g/mol. The van der Waals surface area contributed by atoms with Crippen LogP contribution in [-0.2, 0) is 12.3 Å². The van der Waals surface area contributed by atoms with Gasteiger partial charge in [-0.1, -0.05) is 65.8 Å². The number of rotatable bonds is 7. The number of fused-ring (bicyclic) bond motifs is 1. The predicted molar refractivity (Wildman–Crippen MR) is 151 cm³/mol. The molecule has 5 nitrogen and oxygen atoms in total. The average Bonchev–Trinajstić information content (AvgIpc) is 2.92. The van der Waals surface area contributed by atoms with Crippen molar-refractivity contribution in [3.63, 3.8) is 0 Å². The van der Waals surface area contributed by atoms with Gasteiger partial charge < -0.3 is 4.90 Å². The Kier molecular flexibility index (Phi) is 7.58. The van der Waals surface area contributed by atoms with Crippen LogP contribution in [0.1, 0.15) is 21.5 Å². The molecule has 0 bridgehead atoms.